The number of benzene rings is 1. The van der Waals surface area contributed by atoms with Crippen molar-refractivity contribution in [1.29, 1.82) is 0 Å². The molecule has 0 bridgehead atoms. The molecule has 2 heteroatoms. The average Bonchev–Trinajstić information content (AvgIpc) is 2.62. The van der Waals surface area contributed by atoms with Gasteiger partial charge in [-0.25, -0.2) is 0 Å². The van der Waals surface area contributed by atoms with E-state index in [9.17, 15) is 0 Å². The fraction of sp³-hybridized carbons (Fsp3) is 0.625. The molecule has 2 rings (SSSR count). The fourth-order valence-corrected chi connectivity index (χ4v) is 2.80. The number of nitrogens with zero attached hydrogens (tertiary/aromatic N) is 1. The van der Waals surface area contributed by atoms with Crippen LogP contribution in [0.1, 0.15) is 44.7 Å². The van der Waals surface area contributed by atoms with Gasteiger partial charge < -0.3 is 10.2 Å². The van der Waals surface area contributed by atoms with Gasteiger partial charge in [0, 0.05) is 24.8 Å². The van der Waals surface area contributed by atoms with Crippen molar-refractivity contribution in [2.24, 2.45) is 5.92 Å². The summed E-state index contributed by atoms with van der Waals surface area (Å²) in [5.74, 6) is 0.879. The van der Waals surface area contributed by atoms with Crippen LogP contribution in [-0.4, -0.2) is 20.1 Å². The molecule has 0 aliphatic carbocycles. The SMILES string of the molecule is CNC(C)c1ccccc1N1CCCC(C)CC1. The molecule has 1 saturated heterocycles. The lowest BCUT2D eigenvalue weighted by atomic mass is 10.0. The highest BCUT2D eigenvalue weighted by Crippen LogP contribution is 2.29. The summed E-state index contributed by atoms with van der Waals surface area (Å²) in [6, 6.07) is 9.26. The normalized spacial score (nSPS) is 22.6. The van der Waals surface area contributed by atoms with Crippen molar-refractivity contribution in [3.8, 4) is 0 Å². The van der Waals surface area contributed by atoms with E-state index >= 15 is 0 Å². The van der Waals surface area contributed by atoms with E-state index in [-0.39, 0.29) is 0 Å². The number of anilines is 1. The summed E-state index contributed by atoms with van der Waals surface area (Å²) in [5.41, 5.74) is 2.85. The van der Waals surface area contributed by atoms with E-state index < -0.39 is 0 Å². The maximum Gasteiger partial charge on any atom is 0.0414 e. The van der Waals surface area contributed by atoms with E-state index in [2.05, 4.69) is 48.3 Å². The standard InChI is InChI=1S/C16H26N2/c1-13-7-6-11-18(12-10-13)16-9-5-4-8-15(16)14(2)17-3/h4-5,8-9,13-14,17H,6-7,10-12H2,1-3H3. The van der Waals surface area contributed by atoms with Crippen LogP contribution >= 0.6 is 0 Å². The number of para-hydroxylation sites is 1. The maximum absolute atomic E-state index is 3.36. The number of hydrogen-bond acceptors (Lipinski definition) is 2. The minimum atomic E-state index is 0.418. The van der Waals surface area contributed by atoms with Crippen LogP contribution in [0, 0.1) is 5.92 Å². The summed E-state index contributed by atoms with van der Waals surface area (Å²) >= 11 is 0. The van der Waals surface area contributed by atoms with Crippen LogP contribution in [0.5, 0.6) is 0 Å². The van der Waals surface area contributed by atoms with Crippen LogP contribution in [0.4, 0.5) is 5.69 Å². The van der Waals surface area contributed by atoms with Crippen LogP contribution in [0.3, 0.4) is 0 Å². The second-order valence-corrected chi connectivity index (χ2v) is 5.59. The number of rotatable bonds is 3. The van der Waals surface area contributed by atoms with Crippen molar-refractivity contribution >= 4 is 5.69 Å². The Bertz CT molecular complexity index is 375. The second kappa shape index (κ2) is 6.24. The molecule has 1 aromatic rings. The zero-order valence-corrected chi connectivity index (χ0v) is 11.9. The molecule has 0 aromatic heterocycles. The van der Waals surface area contributed by atoms with E-state index in [0.29, 0.717) is 6.04 Å². The van der Waals surface area contributed by atoms with Crippen LogP contribution in [0.2, 0.25) is 0 Å². The Morgan fingerprint density at radius 1 is 1.22 bits per heavy atom. The highest BCUT2D eigenvalue weighted by atomic mass is 15.1. The molecule has 1 N–H and O–H groups in total. The number of nitrogens with one attached hydrogen (secondary N) is 1. The van der Waals surface area contributed by atoms with E-state index in [1.54, 1.807) is 0 Å². The van der Waals surface area contributed by atoms with Crippen molar-refractivity contribution in [3.63, 3.8) is 0 Å². The lowest BCUT2D eigenvalue weighted by molar-refractivity contribution is 0.521. The average molecular weight is 246 g/mol. The first kappa shape index (κ1) is 13.4. The topological polar surface area (TPSA) is 15.3 Å². The summed E-state index contributed by atoms with van der Waals surface area (Å²) in [4.78, 5) is 2.58. The predicted octanol–water partition coefficient (Wildman–Crippen LogP) is 3.59. The van der Waals surface area contributed by atoms with Gasteiger partial charge in [-0.2, -0.15) is 0 Å². The Morgan fingerprint density at radius 2 is 2.00 bits per heavy atom. The maximum atomic E-state index is 3.36. The van der Waals surface area contributed by atoms with Gasteiger partial charge in [-0.1, -0.05) is 25.1 Å². The first-order valence-electron chi connectivity index (χ1n) is 7.23. The Balaban J connectivity index is 2.21. The van der Waals surface area contributed by atoms with Gasteiger partial charge in [0.2, 0.25) is 0 Å². The van der Waals surface area contributed by atoms with Gasteiger partial charge in [-0.3, -0.25) is 0 Å². The first-order valence-corrected chi connectivity index (χ1v) is 7.23. The molecule has 2 nitrogen and oxygen atoms in total. The number of hydrogen-bond donors (Lipinski definition) is 1. The van der Waals surface area contributed by atoms with Gasteiger partial charge in [0.15, 0.2) is 0 Å². The molecule has 0 amide bonds. The van der Waals surface area contributed by atoms with Gasteiger partial charge in [-0.05, 0) is 50.8 Å². The van der Waals surface area contributed by atoms with E-state index in [0.717, 1.165) is 5.92 Å². The first-order chi connectivity index (χ1) is 8.72. The summed E-state index contributed by atoms with van der Waals surface area (Å²) in [7, 11) is 2.03. The van der Waals surface area contributed by atoms with Gasteiger partial charge in [-0.15, -0.1) is 0 Å². The minimum absolute atomic E-state index is 0.418. The Labute approximate surface area is 111 Å². The van der Waals surface area contributed by atoms with Crippen molar-refractivity contribution in [2.45, 2.75) is 39.2 Å². The van der Waals surface area contributed by atoms with Crippen LogP contribution < -0.4 is 10.2 Å². The highest BCUT2D eigenvalue weighted by molar-refractivity contribution is 5.55. The van der Waals surface area contributed by atoms with Crippen LogP contribution in [0.25, 0.3) is 0 Å². The van der Waals surface area contributed by atoms with Crippen molar-refractivity contribution in [1.82, 2.24) is 5.32 Å². The lowest BCUT2D eigenvalue weighted by Crippen LogP contribution is -2.27. The van der Waals surface area contributed by atoms with Crippen molar-refractivity contribution in [3.05, 3.63) is 29.8 Å². The predicted molar refractivity (Wildman–Crippen MR) is 79.1 cm³/mol. The summed E-state index contributed by atoms with van der Waals surface area (Å²) in [6.45, 7) is 7.03. The van der Waals surface area contributed by atoms with E-state index in [1.807, 2.05) is 7.05 Å². The molecule has 0 radical (unpaired) electrons. The molecule has 1 aliphatic heterocycles. The summed E-state index contributed by atoms with van der Waals surface area (Å²) < 4.78 is 0. The largest absolute Gasteiger partial charge is 0.371 e. The summed E-state index contributed by atoms with van der Waals surface area (Å²) in [6.07, 6.45) is 4.02. The second-order valence-electron chi connectivity index (χ2n) is 5.59. The molecule has 1 aliphatic rings. The zero-order valence-electron chi connectivity index (χ0n) is 11.9. The fourth-order valence-electron chi connectivity index (χ4n) is 2.80. The Kier molecular flexibility index (Phi) is 4.65. The minimum Gasteiger partial charge on any atom is -0.371 e. The molecular weight excluding hydrogens is 220 g/mol. The molecule has 100 valence electrons. The van der Waals surface area contributed by atoms with E-state index in [1.165, 1.54) is 43.6 Å². The van der Waals surface area contributed by atoms with Gasteiger partial charge >= 0.3 is 0 Å². The Hall–Kier alpha value is -1.02. The Morgan fingerprint density at radius 3 is 2.78 bits per heavy atom. The third-order valence-electron chi connectivity index (χ3n) is 4.19. The smallest absolute Gasteiger partial charge is 0.0414 e. The van der Waals surface area contributed by atoms with Crippen molar-refractivity contribution in [2.75, 3.05) is 25.0 Å². The molecule has 1 fully saturated rings. The summed E-state index contributed by atoms with van der Waals surface area (Å²) in [5, 5.41) is 3.36. The van der Waals surface area contributed by atoms with Crippen molar-refractivity contribution < 1.29 is 0 Å². The third kappa shape index (κ3) is 3.05. The van der Waals surface area contributed by atoms with Gasteiger partial charge in [0.1, 0.15) is 0 Å². The molecule has 0 spiro atoms. The molecule has 2 atom stereocenters. The molecule has 2 unspecified atom stereocenters. The monoisotopic (exact) mass is 246 g/mol. The van der Waals surface area contributed by atoms with Crippen LogP contribution in [-0.2, 0) is 0 Å². The molecule has 0 saturated carbocycles. The zero-order chi connectivity index (χ0) is 13.0. The molecule has 1 heterocycles. The van der Waals surface area contributed by atoms with E-state index in [4.69, 9.17) is 0 Å². The van der Waals surface area contributed by atoms with Gasteiger partial charge in [0.05, 0.1) is 0 Å². The molecule has 1 aromatic carbocycles. The van der Waals surface area contributed by atoms with Gasteiger partial charge in [0.25, 0.3) is 0 Å². The third-order valence-corrected chi connectivity index (χ3v) is 4.19. The molecule has 18 heavy (non-hydrogen) atoms. The quantitative estimate of drug-likeness (QED) is 0.876. The van der Waals surface area contributed by atoms with Crippen LogP contribution in [0.15, 0.2) is 24.3 Å². The molecular formula is C16H26N2. The highest BCUT2D eigenvalue weighted by Gasteiger charge is 2.17. The lowest BCUT2D eigenvalue weighted by Gasteiger charge is -2.27.